The minimum atomic E-state index is -4.63. The molecule has 1 aromatic rings. The molecule has 0 spiro atoms. The van der Waals surface area contributed by atoms with Crippen molar-refractivity contribution < 1.29 is 31.1 Å². The van der Waals surface area contributed by atoms with Gasteiger partial charge in [0.25, 0.3) is 5.91 Å². The average molecular weight is 443 g/mol. The molecule has 0 N–H and O–H groups in total. The SMILES string of the molecule is CC(Oc1ccc(Cl)cc1)C(=O)N1CCC(N(CC(F)(F)F)S(C)(=O)=O)CC1. The third-order valence-electron chi connectivity index (χ3n) is 4.42. The first-order chi connectivity index (χ1) is 12.9. The van der Waals surface area contributed by atoms with Crippen LogP contribution in [-0.4, -0.2) is 67.7 Å². The van der Waals surface area contributed by atoms with Crippen molar-refractivity contribution in [3.05, 3.63) is 29.3 Å². The summed E-state index contributed by atoms with van der Waals surface area (Å²) in [6, 6.07) is 5.70. The molecule has 1 fully saturated rings. The van der Waals surface area contributed by atoms with Gasteiger partial charge in [0.1, 0.15) is 12.3 Å². The van der Waals surface area contributed by atoms with Gasteiger partial charge in [-0.1, -0.05) is 11.6 Å². The fourth-order valence-corrected chi connectivity index (χ4v) is 4.35. The van der Waals surface area contributed by atoms with E-state index in [4.69, 9.17) is 16.3 Å². The van der Waals surface area contributed by atoms with E-state index in [1.165, 1.54) is 4.90 Å². The van der Waals surface area contributed by atoms with Gasteiger partial charge in [-0.05, 0) is 44.0 Å². The van der Waals surface area contributed by atoms with Crippen LogP contribution in [0.1, 0.15) is 19.8 Å². The van der Waals surface area contributed by atoms with Crippen LogP contribution < -0.4 is 4.74 Å². The average Bonchev–Trinajstić information content (AvgIpc) is 2.59. The molecule has 1 aromatic carbocycles. The van der Waals surface area contributed by atoms with E-state index >= 15 is 0 Å². The summed E-state index contributed by atoms with van der Waals surface area (Å²) in [6.07, 6.45) is -4.40. The molecule has 1 aliphatic rings. The van der Waals surface area contributed by atoms with Crippen molar-refractivity contribution in [2.24, 2.45) is 0 Å². The molecule has 2 rings (SSSR count). The molecule has 0 aromatic heterocycles. The smallest absolute Gasteiger partial charge is 0.402 e. The summed E-state index contributed by atoms with van der Waals surface area (Å²) in [5.41, 5.74) is 0. The number of piperidine rings is 1. The maximum absolute atomic E-state index is 12.7. The number of carbonyl (C=O) groups excluding carboxylic acids is 1. The molecule has 6 nitrogen and oxygen atoms in total. The first kappa shape index (κ1) is 22.8. The molecule has 1 unspecified atom stereocenters. The molecule has 158 valence electrons. The van der Waals surface area contributed by atoms with Gasteiger partial charge in [-0.3, -0.25) is 4.79 Å². The van der Waals surface area contributed by atoms with Gasteiger partial charge in [-0.25, -0.2) is 8.42 Å². The Morgan fingerprint density at radius 3 is 2.29 bits per heavy atom. The largest absolute Gasteiger partial charge is 0.481 e. The van der Waals surface area contributed by atoms with Gasteiger partial charge in [0.2, 0.25) is 10.0 Å². The van der Waals surface area contributed by atoms with Gasteiger partial charge in [0.05, 0.1) is 6.26 Å². The van der Waals surface area contributed by atoms with Crippen LogP contribution in [0.4, 0.5) is 13.2 Å². The minimum Gasteiger partial charge on any atom is -0.481 e. The number of ether oxygens (including phenoxy) is 1. The van der Waals surface area contributed by atoms with Crippen LogP contribution in [0.15, 0.2) is 24.3 Å². The lowest BCUT2D eigenvalue weighted by atomic mass is 10.0. The highest BCUT2D eigenvalue weighted by molar-refractivity contribution is 7.88. The summed E-state index contributed by atoms with van der Waals surface area (Å²) in [4.78, 5) is 14.0. The summed E-state index contributed by atoms with van der Waals surface area (Å²) in [6.45, 7) is 0.361. The number of benzene rings is 1. The van der Waals surface area contributed by atoms with Gasteiger partial charge >= 0.3 is 6.18 Å². The maximum atomic E-state index is 12.7. The lowest BCUT2D eigenvalue weighted by Gasteiger charge is -2.38. The number of alkyl halides is 3. The van der Waals surface area contributed by atoms with Crippen molar-refractivity contribution in [3.63, 3.8) is 0 Å². The van der Waals surface area contributed by atoms with E-state index < -0.39 is 34.9 Å². The van der Waals surface area contributed by atoms with Crippen molar-refractivity contribution in [1.82, 2.24) is 9.21 Å². The van der Waals surface area contributed by atoms with Crippen molar-refractivity contribution in [2.45, 2.75) is 38.1 Å². The number of amides is 1. The topological polar surface area (TPSA) is 66.9 Å². The second-order valence-electron chi connectivity index (χ2n) is 6.69. The summed E-state index contributed by atoms with van der Waals surface area (Å²) in [7, 11) is -4.02. The molecule has 0 bridgehead atoms. The highest BCUT2D eigenvalue weighted by Crippen LogP contribution is 2.25. The molecule has 0 aliphatic carbocycles. The van der Waals surface area contributed by atoms with Crippen molar-refractivity contribution in [3.8, 4) is 5.75 Å². The van der Waals surface area contributed by atoms with Crippen LogP contribution in [0.2, 0.25) is 5.02 Å². The summed E-state index contributed by atoms with van der Waals surface area (Å²) < 4.78 is 67.8. The number of sulfonamides is 1. The fourth-order valence-electron chi connectivity index (χ4n) is 3.09. The lowest BCUT2D eigenvalue weighted by Crippen LogP contribution is -2.52. The normalized spacial score (nSPS) is 17.6. The van der Waals surface area contributed by atoms with E-state index in [1.807, 2.05) is 0 Å². The maximum Gasteiger partial charge on any atom is 0.402 e. The lowest BCUT2D eigenvalue weighted by molar-refractivity contribution is -0.145. The molecule has 1 aliphatic heterocycles. The monoisotopic (exact) mass is 442 g/mol. The number of hydrogen-bond acceptors (Lipinski definition) is 4. The summed E-state index contributed by atoms with van der Waals surface area (Å²) in [5, 5.41) is 0.530. The number of halogens is 4. The first-order valence-corrected chi connectivity index (χ1v) is 10.8. The molecule has 28 heavy (non-hydrogen) atoms. The van der Waals surface area contributed by atoms with Crippen LogP contribution in [0, 0.1) is 0 Å². The van der Waals surface area contributed by atoms with Gasteiger partial charge < -0.3 is 9.64 Å². The molecular formula is C17H22ClF3N2O4S. The number of carbonyl (C=O) groups is 1. The zero-order valence-corrected chi connectivity index (χ0v) is 17.0. The number of likely N-dealkylation sites (tertiary alicyclic amines) is 1. The molecule has 0 radical (unpaired) electrons. The predicted octanol–water partition coefficient (Wildman–Crippen LogP) is 2.92. The Morgan fingerprint density at radius 2 is 1.82 bits per heavy atom. The Balaban J connectivity index is 1.95. The first-order valence-electron chi connectivity index (χ1n) is 8.61. The van der Waals surface area contributed by atoms with E-state index in [2.05, 4.69) is 0 Å². The minimum absolute atomic E-state index is 0.128. The standard InChI is InChI=1S/C17H22ClF3N2O4S/c1-12(27-15-5-3-13(18)4-6-15)16(24)22-9-7-14(8-10-22)23(28(2,25)26)11-17(19,20)21/h3-6,12,14H,7-11H2,1-2H3. The third-order valence-corrected chi connectivity index (χ3v) is 5.95. The fraction of sp³-hybridized carbons (Fsp3) is 0.588. The summed E-state index contributed by atoms with van der Waals surface area (Å²) >= 11 is 5.80. The molecular weight excluding hydrogens is 421 g/mol. The molecule has 11 heteroatoms. The van der Waals surface area contributed by atoms with Crippen LogP contribution in [-0.2, 0) is 14.8 Å². The predicted molar refractivity (Wildman–Crippen MR) is 98.7 cm³/mol. The van der Waals surface area contributed by atoms with Gasteiger partial charge in [-0.2, -0.15) is 17.5 Å². The Bertz CT molecular complexity index is 779. The van der Waals surface area contributed by atoms with Crippen LogP contribution >= 0.6 is 11.6 Å². The van der Waals surface area contributed by atoms with Crippen LogP contribution in [0.5, 0.6) is 5.75 Å². The van der Waals surface area contributed by atoms with E-state index in [0.717, 1.165) is 6.26 Å². The Labute approximate surface area is 167 Å². The van der Waals surface area contributed by atoms with Crippen molar-refractivity contribution >= 4 is 27.5 Å². The van der Waals surface area contributed by atoms with Gasteiger partial charge in [0.15, 0.2) is 6.10 Å². The number of nitrogens with zero attached hydrogens (tertiary/aromatic N) is 2. The highest BCUT2D eigenvalue weighted by atomic mass is 35.5. The molecule has 1 heterocycles. The van der Waals surface area contributed by atoms with Crippen molar-refractivity contribution in [2.75, 3.05) is 25.9 Å². The van der Waals surface area contributed by atoms with E-state index in [1.54, 1.807) is 31.2 Å². The molecule has 1 saturated heterocycles. The molecule has 1 atom stereocenters. The Hall–Kier alpha value is -1.52. The van der Waals surface area contributed by atoms with E-state index in [0.29, 0.717) is 15.1 Å². The second-order valence-corrected chi connectivity index (χ2v) is 9.07. The summed E-state index contributed by atoms with van der Waals surface area (Å²) in [5.74, 6) is 0.156. The van der Waals surface area contributed by atoms with Crippen LogP contribution in [0.25, 0.3) is 0 Å². The van der Waals surface area contributed by atoms with E-state index in [-0.39, 0.29) is 31.8 Å². The third kappa shape index (κ3) is 6.52. The molecule has 1 amide bonds. The van der Waals surface area contributed by atoms with Crippen LogP contribution in [0.3, 0.4) is 0 Å². The second kappa shape index (κ2) is 8.87. The van der Waals surface area contributed by atoms with E-state index in [9.17, 15) is 26.4 Å². The van der Waals surface area contributed by atoms with Crippen molar-refractivity contribution in [1.29, 1.82) is 0 Å². The zero-order chi connectivity index (χ0) is 21.1. The Morgan fingerprint density at radius 1 is 1.29 bits per heavy atom. The molecule has 0 saturated carbocycles. The number of rotatable bonds is 6. The zero-order valence-electron chi connectivity index (χ0n) is 15.4. The van der Waals surface area contributed by atoms with Gasteiger partial charge in [0, 0.05) is 24.2 Å². The highest BCUT2D eigenvalue weighted by Gasteiger charge is 2.40. The Kier molecular flexibility index (Phi) is 7.22. The van der Waals surface area contributed by atoms with Gasteiger partial charge in [-0.15, -0.1) is 0 Å². The number of hydrogen-bond donors (Lipinski definition) is 0. The quantitative estimate of drug-likeness (QED) is 0.679.